The van der Waals surface area contributed by atoms with Crippen molar-refractivity contribution in [2.45, 2.75) is 38.1 Å². The molecule has 1 heterocycles. The van der Waals surface area contributed by atoms with Gasteiger partial charge < -0.3 is 20.3 Å². The fourth-order valence-corrected chi connectivity index (χ4v) is 3.60. The molecule has 0 spiro atoms. The van der Waals surface area contributed by atoms with Gasteiger partial charge in [0.05, 0.1) is 0 Å². The van der Waals surface area contributed by atoms with Crippen LogP contribution in [-0.4, -0.2) is 56.9 Å². The van der Waals surface area contributed by atoms with Crippen LogP contribution in [-0.2, 0) is 11.2 Å². The fraction of sp³-hybridized carbons (Fsp3) is 0.632. The Morgan fingerprint density at radius 3 is 2.84 bits per heavy atom. The highest BCUT2D eigenvalue weighted by molar-refractivity contribution is 9.10. The maximum atomic E-state index is 12.0. The summed E-state index contributed by atoms with van der Waals surface area (Å²) in [5, 5.41) is 6.08. The molecule has 6 heteroatoms. The minimum atomic E-state index is -0.0351. The standard InChI is InChI=1S/C19H30BrN3O2/c1-25-14-4-11-23-12-8-18(9-13-23)22-19(24)21-10-3-6-16-5-2-7-17(20)15-16/h2,5,7,15,18H,3-4,6,8-14H2,1H3,(H2,21,22,24). The van der Waals surface area contributed by atoms with Crippen molar-refractivity contribution < 1.29 is 9.53 Å². The number of nitrogens with one attached hydrogen (secondary N) is 2. The number of piperidine rings is 1. The fourth-order valence-electron chi connectivity index (χ4n) is 3.16. The summed E-state index contributed by atoms with van der Waals surface area (Å²) in [6, 6.07) is 8.57. The first-order valence-corrected chi connectivity index (χ1v) is 9.97. The molecule has 2 amide bonds. The average Bonchev–Trinajstić information content (AvgIpc) is 2.61. The van der Waals surface area contributed by atoms with Gasteiger partial charge in [0, 0.05) is 50.4 Å². The van der Waals surface area contributed by atoms with E-state index >= 15 is 0 Å². The van der Waals surface area contributed by atoms with Crippen LogP contribution in [0, 0.1) is 0 Å². The minimum absolute atomic E-state index is 0.0351. The van der Waals surface area contributed by atoms with Crippen LogP contribution in [0.15, 0.2) is 28.7 Å². The van der Waals surface area contributed by atoms with Crippen LogP contribution in [0.3, 0.4) is 0 Å². The zero-order chi connectivity index (χ0) is 17.9. The molecule has 0 saturated carbocycles. The Kier molecular flexibility index (Phi) is 9.29. The van der Waals surface area contributed by atoms with Gasteiger partial charge in [0.15, 0.2) is 0 Å². The number of methoxy groups -OCH3 is 1. The summed E-state index contributed by atoms with van der Waals surface area (Å²) < 4.78 is 6.19. The molecule has 0 aliphatic carbocycles. The van der Waals surface area contributed by atoms with E-state index in [0.29, 0.717) is 12.6 Å². The molecule has 25 heavy (non-hydrogen) atoms. The molecule has 0 radical (unpaired) electrons. The summed E-state index contributed by atoms with van der Waals surface area (Å²) in [4.78, 5) is 14.5. The van der Waals surface area contributed by atoms with Crippen LogP contribution in [0.2, 0.25) is 0 Å². The number of amides is 2. The molecular weight excluding hydrogens is 382 g/mol. The third kappa shape index (κ3) is 8.21. The smallest absolute Gasteiger partial charge is 0.315 e. The van der Waals surface area contributed by atoms with Crippen LogP contribution < -0.4 is 10.6 Å². The van der Waals surface area contributed by atoms with Crippen molar-refractivity contribution in [3.05, 3.63) is 34.3 Å². The SMILES string of the molecule is COCCCN1CCC(NC(=O)NCCCc2cccc(Br)c2)CC1. The highest BCUT2D eigenvalue weighted by Gasteiger charge is 2.20. The number of benzene rings is 1. The van der Waals surface area contributed by atoms with Gasteiger partial charge in [-0.25, -0.2) is 4.79 Å². The second-order valence-electron chi connectivity index (χ2n) is 6.60. The van der Waals surface area contributed by atoms with Crippen molar-refractivity contribution >= 4 is 22.0 Å². The molecule has 0 atom stereocenters. The predicted molar refractivity (Wildman–Crippen MR) is 105 cm³/mol. The van der Waals surface area contributed by atoms with Crippen LogP contribution in [0.5, 0.6) is 0 Å². The van der Waals surface area contributed by atoms with Gasteiger partial charge in [-0.3, -0.25) is 0 Å². The molecule has 5 nitrogen and oxygen atoms in total. The molecule has 0 aromatic heterocycles. The number of hydrogen-bond donors (Lipinski definition) is 2. The number of hydrogen-bond acceptors (Lipinski definition) is 3. The molecular formula is C19H30BrN3O2. The Bertz CT molecular complexity index is 519. The van der Waals surface area contributed by atoms with E-state index in [1.807, 2.05) is 12.1 Å². The van der Waals surface area contributed by atoms with Gasteiger partial charge in [-0.15, -0.1) is 0 Å². The van der Waals surface area contributed by atoms with E-state index in [1.165, 1.54) is 5.56 Å². The molecule has 2 N–H and O–H groups in total. The first-order valence-electron chi connectivity index (χ1n) is 9.17. The Hall–Kier alpha value is -1.11. The van der Waals surface area contributed by atoms with E-state index in [9.17, 15) is 4.79 Å². The molecule has 0 bridgehead atoms. The maximum absolute atomic E-state index is 12.0. The van der Waals surface area contributed by atoms with E-state index in [-0.39, 0.29) is 6.03 Å². The van der Waals surface area contributed by atoms with E-state index in [1.54, 1.807) is 7.11 Å². The predicted octanol–water partition coefficient (Wildman–Crippen LogP) is 3.18. The summed E-state index contributed by atoms with van der Waals surface area (Å²) in [7, 11) is 1.74. The molecule has 140 valence electrons. The Morgan fingerprint density at radius 2 is 2.12 bits per heavy atom. The zero-order valence-corrected chi connectivity index (χ0v) is 16.7. The normalized spacial score (nSPS) is 15.9. The lowest BCUT2D eigenvalue weighted by Crippen LogP contribution is -2.48. The largest absolute Gasteiger partial charge is 0.385 e. The van der Waals surface area contributed by atoms with E-state index in [0.717, 1.165) is 62.8 Å². The molecule has 0 unspecified atom stereocenters. The third-order valence-corrected chi connectivity index (χ3v) is 5.06. The van der Waals surface area contributed by atoms with Gasteiger partial charge in [0.1, 0.15) is 0 Å². The summed E-state index contributed by atoms with van der Waals surface area (Å²) in [5.74, 6) is 0. The zero-order valence-electron chi connectivity index (χ0n) is 15.1. The number of carbonyl (C=O) groups excluding carboxylic acids is 1. The van der Waals surface area contributed by atoms with Crippen LogP contribution in [0.25, 0.3) is 0 Å². The average molecular weight is 412 g/mol. The molecule has 2 rings (SSSR count). The summed E-state index contributed by atoms with van der Waals surface area (Å²) in [6.45, 7) is 4.71. The number of halogens is 1. The third-order valence-electron chi connectivity index (χ3n) is 4.56. The van der Waals surface area contributed by atoms with E-state index in [4.69, 9.17) is 4.74 Å². The first kappa shape index (κ1) is 20.2. The maximum Gasteiger partial charge on any atom is 0.315 e. The molecule has 1 aliphatic rings. The topological polar surface area (TPSA) is 53.6 Å². The quantitative estimate of drug-likeness (QED) is 0.613. The second-order valence-corrected chi connectivity index (χ2v) is 7.51. The monoisotopic (exact) mass is 411 g/mol. The first-order chi connectivity index (χ1) is 12.2. The minimum Gasteiger partial charge on any atom is -0.385 e. The van der Waals surface area contributed by atoms with E-state index in [2.05, 4.69) is 43.6 Å². The van der Waals surface area contributed by atoms with Gasteiger partial charge in [-0.1, -0.05) is 28.1 Å². The van der Waals surface area contributed by atoms with Crippen molar-refractivity contribution in [3.63, 3.8) is 0 Å². The molecule has 1 aromatic carbocycles. The number of nitrogens with zero attached hydrogens (tertiary/aromatic N) is 1. The number of rotatable bonds is 9. The number of carbonyl (C=O) groups is 1. The summed E-state index contributed by atoms with van der Waals surface area (Å²) >= 11 is 3.48. The summed E-state index contributed by atoms with van der Waals surface area (Å²) in [6.07, 6.45) is 5.05. The van der Waals surface area contributed by atoms with E-state index < -0.39 is 0 Å². The Labute approximate surface area is 159 Å². The van der Waals surface area contributed by atoms with Gasteiger partial charge in [0.25, 0.3) is 0 Å². The van der Waals surface area contributed by atoms with Crippen molar-refractivity contribution in [2.75, 3.05) is 39.9 Å². The van der Waals surface area contributed by atoms with Crippen molar-refractivity contribution in [1.82, 2.24) is 15.5 Å². The summed E-state index contributed by atoms with van der Waals surface area (Å²) in [5.41, 5.74) is 1.29. The highest BCUT2D eigenvalue weighted by Crippen LogP contribution is 2.13. The van der Waals surface area contributed by atoms with Crippen molar-refractivity contribution in [3.8, 4) is 0 Å². The van der Waals surface area contributed by atoms with Crippen LogP contribution in [0.4, 0.5) is 4.79 Å². The van der Waals surface area contributed by atoms with Gasteiger partial charge in [0.2, 0.25) is 0 Å². The lowest BCUT2D eigenvalue weighted by Gasteiger charge is -2.32. The van der Waals surface area contributed by atoms with Gasteiger partial charge in [-0.2, -0.15) is 0 Å². The number of urea groups is 1. The van der Waals surface area contributed by atoms with Gasteiger partial charge in [-0.05, 0) is 49.8 Å². The number of likely N-dealkylation sites (tertiary alicyclic amines) is 1. The lowest BCUT2D eigenvalue weighted by molar-refractivity contribution is 0.153. The molecule has 1 aliphatic heterocycles. The second kappa shape index (κ2) is 11.5. The van der Waals surface area contributed by atoms with Crippen molar-refractivity contribution in [2.24, 2.45) is 0 Å². The number of ether oxygens (including phenoxy) is 1. The molecule has 1 fully saturated rings. The van der Waals surface area contributed by atoms with Crippen molar-refractivity contribution in [1.29, 1.82) is 0 Å². The lowest BCUT2D eigenvalue weighted by atomic mass is 10.1. The Balaban J connectivity index is 1.54. The Morgan fingerprint density at radius 1 is 1.32 bits per heavy atom. The van der Waals surface area contributed by atoms with Crippen LogP contribution in [0.1, 0.15) is 31.2 Å². The van der Waals surface area contributed by atoms with Crippen LogP contribution >= 0.6 is 15.9 Å². The molecule has 1 saturated heterocycles. The highest BCUT2D eigenvalue weighted by atomic mass is 79.9. The number of aryl methyl sites for hydroxylation is 1. The van der Waals surface area contributed by atoms with Gasteiger partial charge >= 0.3 is 6.03 Å². The molecule has 1 aromatic rings.